The van der Waals surface area contributed by atoms with Gasteiger partial charge < -0.3 is 32.0 Å². The van der Waals surface area contributed by atoms with E-state index in [-0.39, 0.29) is 11.7 Å². The van der Waals surface area contributed by atoms with Crippen molar-refractivity contribution < 1.29 is 9.47 Å². The Balaban J connectivity index is 1.50. The molecule has 2 aromatic rings. The molecule has 0 atom stereocenters. The summed E-state index contributed by atoms with van der Waals surface area (Å²) in [5.74, 6) is 1.24. The Labute approximate surface area is 182 Å². The van der Waals surface area contributed by atoms with Gasteiger partial charge >= 0.3 is 0 Å². The van der Waals surface area contributed by atoms with Gasteiger partial charge in [-0.15, -0.1) is 0 Å². The Kier molecular flexibility index (Phi) is 9.83. The molecule has 0 saturated heterocycles. The molecular formula is C22H31N7O2. The maximum Gasteiger partial charge on any atom is 0.188 e. The van der Waals surface area contributed by atoms with E-state index in [1.54, 1.807) is 24.3 Å². The summed E-state index contributed by atoms with van der Waals surface area (Å²) >= 11 is 0. The fraction of sp³-hybridized carbons (Fsp3) is 0.318. The highest BCUT2D eigenvalue weighted by Gasteiger charge is 1.99. The average molecular weight is 426 g/mol. The molecule has 2 aromatic carbocycles. The largest absolute Gasteiger partial charge is 0.494 e. The van der Waals surface area contributed by atoms with Gasteiger partial charge in [-0.1, -0.05) is 24.3 Å². The first-order valence-corrected chi connectivity index (χ1v) is 10.1. The van der Waals surface area contributed by atoms with Gasteiger partial charge in [0.1, 0.15) is 17.4 Å². The molecule has 9 nitrogen and oxygen atoms in total. The lowest BCUT2D eigenvalue weighted by Crippen LogP contribution is -2.33. The highest BCUT2D eigenvalue weighted by molar-refractivity contribution is 5.95. The van der Waals surface area contributed by atoms with E-state index in [9.17, 15) is 0 Å². The third kappa shape index (κ3) is 9.18. The van der Waals surface area contributed by atoms with Crippen LogP contribution in [-0.2, 0) is 11.3 Å². The van der Waals surface area contributed by atoms with Crippen molar-refractivity contribution in [3.8, 4) is 5.75 Å². The lowest BCUT2D eigenvalue weighted by atomic mass is 10.1. The van der Waals surface area contributed by atoms with Gasteiger partial charge in [0.2, 0.25) is 0 Å². The lowest BCUT2D eigenvalue weighted by molar-refractivity contribution is 0.119. The van der Waals surface area contributed by atoms with Gasteiger partial charge in [-0.25, -0.2) is 0 Å². The number of amidine groups is 2. The Bertz CT molecular complexity index is 864. The van der Waals surface area contributed by atoms with Crippen LogP contribution in [0.3, 0.4) is 0 Å². The molecule has 0 bridgehead atoms. The summed E-state index contributed by atoms with van der Waals surface area (Å²) in [6.45, 7) is 2.89. The normalized spacial score (nSPS) is 11.2. The zero-order valence-electron chi connectivity index (χ0n) is 17.6. The van der Waals surface area contributed by atoms with Gasteiger partial charge in [-0.2, -0.15) is 0 Å². The number of hydrogen-bond acceptors (Lipinski definition) is 5. The molecule has 0 radical (unpaired) electrons. The summed E-state index contributed by atoms with van der Waals surface area (Å²) in [6.07, 6.45) is 1.55. The van der Waals surface area contributed by atoms with Crippen LogP contribution in [0.1, 0.15) is 29.5 Å². The van der Waals surface area contributed by atoms with Crippen LogP contribution in [0.15, 0.2) is 53.5 Å². The molecule has 2 rings (SSSR count). The predicted octanol–water partition coefficient (Wildman–Crippen LogP) is 1.53. The number of nitrogens with zero attached hydrogens (tertiary/aromatic N) is 1. The highest BCUT2D eigenvalue weighted by atomic mass is 16.5. The zero-order chi connectivity index (χ0) is 22.5. The number of guanidine groups is 1. The standard InChI is InChI=1S/C22H31N7O2/c23-20(24)17-5-3-16(4-6-17)15-30-13-1-11-28-22(27)29-12-2-14-31-19-9-7-18(8-10-19)21(25)26/h3-10H,1-2,11-15H2,(H3,23,24)(H3,25,26)(H3,27,28,29). The fourth-order valence-electron chi connectivity index (χ4n) is 2.60. The molecule has 166 valence electrons. The third-order valence-electron chi connectivity index (χ3n) is 4.32. The minimum Gasteiger partial charge on any atom is -0.494 e. The van der Waals surface area contributed by atoms with Crippen LogP contribution in [0.25, 0.3) is 0 Å². The van der Waals surface area contributed by atoms with Crippen LogP contribution in [0.4, 0.5) is 0 Å². The molecule has 0 fully saturated rings. The van der Waals surface area contributed by atoms with Crippen LogP contribution >= 0.6 is 0 Å². The zero-order valence-corrected chi connectivity index (χ0v) is 17.6. The van der Waals surface area contributed by atoms with E-state index in [0.29, 0.717) is 50.0 Å². The second-order valence-corrected chi connectivity index (χ2v) is 6.85. The first kappa shape index (κ1) is 23.7. The highest BCUT2D eigenvalue weighted by Crippen LogP contribution is 2.12. The summed E-state index contributed by atoms with van der Waals surface area (Å²) in [6, 6.07) is 14.5. The first-order chi connectivity index (χ1) is 15.0. The summed E-state index contributed by atoms with van der Waals surface area (Å²) < 4.78 is 11.3. The SMILES string of the molecule is N=C(N)c1ccc(COCCCNC(N)=NCCCOc2ccc(C(=N)N)cc2)cc1. The number of benzene rings is 2. The molecule has 0 spiro atoms. The molecule has 0 unspecified atom stereocenters. The second kappa shape index (κ2) is 12.9. The number of hydrogen-bond donors (Lipinski definition) is 6. The molecule has 0 saturated carbocycles. The third-order valence-corrected chi connectivity index (χ3v) is 4.32. The van der Waals surface area contributed by atoms with Crippen molar-refractivity contribution in [2.24, 2.45) is 22.2 Å². The predicted molar refractivity (Wildman–Crippen MR) is 124 cm³/mol. The van der Waals surface area contributed by atoms with Crippen molar-refractivity contribution in [3.05, 3.63) is 65.2 Å². The maximum absolute atomic E-state index is 7.38. The number of rotatable bonds is 13. The number of ether oxygens (including phenoxy) is 2. The fourth-order valence-corrected chi connectivity index (χ4v) is 2.60. The quantitative estimate of drug-likeness (QED) is 0.161. The Hall–Kier alpha value is -3.59. The second-order valence-electron chi connectivity index (χ2n) is 6.85. The summed E-state index contributed by atoms with van der Waals surface area (Å²) in [7, 11) is 0. The van der Waals surface area contributed by atoms with Crippen LogP contribution in [-0.4, -0.2) is 43.9 Å². The molecule has 0 heterocycles. The van der Waals surface area contributed by atoms with Gasteiger partial charge in [0.05, 0.1) is 13.2 Å². The molecule has 0 aromatic heterocycles. The average Bonchev–Trinajstić information content (AvgIpc) is 2.76. The minimum absolute atomic E-state index is 0.0378. The number of nitrogen functional groups attached to an aromatic ring is 2. The Morgan fingerprint density at radius 1 is 0.839 bits per heavy atom. The number of nitrogens with two attached hydrogens (primary N) is 3. The topological polar surface area (TPSA) is 169 Å². The molecule has 0 aliphatic heterocycles. The molecule has 9 N–H and O–H groups in total. The van der Waals surface area contributed by atoms with E-state index in [1.807, 2.05) is 24.3 Å². The van der Waals surface area contributed by atoms with Crippen molar-refractivity contribution in [3.63, 3.8) is 0 Å². The van der Waals surface area contributed by atoms with Crippen LogP contribution in [0.5, 0.6) is 5.75 Å². The molecule has 0 amide bonds. The number of nitrogens with one attached hydrogen (secondary N) is 3. The monoisotopic (exact) mass is 425 g/mol. The van der Waals surface area contributed by atoms with Crippen molar-refractivity contribution in [1.29, 1.82) is 10.8 Å². The number of aliphatic imine (C=N–C) groups is 1. The molecule has 9 heteroatoms. The molecule has 0 aliphatic carbocycles. The van der Waals surface area contributed by atoms with E-state index in [4.69, 9.17) is 37.5 Å². The van der Waals surface area contributed by atoms with Crippen molar-refractivity contribution >= 4 is 17.6 Å². The van der Waals surface area contributed by atoms with E-state index >= 15 is 0 Å². The Morgan fingerprint density at radius 3 is 2.06 bits per heavy atom. The van der Waals surface area contributed by atoms with E-state index < -0.39 is 0 Å². The summed E-state index contributed by atoms with van der Waals surface area (Å²) in [5, 5.41) is 17.8. The smallest absolute Gasteiger partial charge is 0.188 e. The van der Waals surface area contributed by atoms with Gasteiger partial charge in [0, 0.05) is 37.2 Å². The molecular weight excluding hydrogens is 394 g/mol. The summed E-state index contributed by atoms with van der Waals surface area (Å²) in [4.78, 5) is 4.27. The van der Waals surface area contributed by atoms with E-state index in [2.05, 4.69) is 10.3 Å². The van der Waals surface area contributed by atoms with Gasteiger partial charge in [-0.05, 0) is 36.2 Å². The maximum atomic E-state index is 7.38. The van der Waals surface area contributed by atoms with Crippen molar-refractivity contribution in [2.45, 2.75) is 19.4 Å². The van der Waals surface area contributed by atoms with E-state index in [1.165, 1.54) is 0 Å². The van der Waals surface area contributed by atoms with Crippen molar-refractivity contribution in [1.82, 2.24) is 5.32 Å². The first-order valence-electron chi connectivity index (χ1n) is 10.1. The Morgan fingerprint density at radius 2 is 1.45 bits per heavy atom. The van der Waals surface area contributed by atoms with Crippen LogP contribution in [0, 0.1) is 10.8 Å². The van der Waals surface area contributed by atoms with Gasteiger partial charge in [-0.3, -0.25) is 15.8 Å². The van der Waals surface area contributed by atoms with Crippen LogP contribution < -0.4 is 27.3 Å². The van der Waals surface area contributed by atoms with Crippen LogP contribution in [0.2, 0.25) is 0 Å². The molecule has 31 heavy (non-hydrogen) atoms. The van der Waals surface area contributed by atoms with Gasteiger partial charge in [0.25, 0.3) is 0 Å². The van der Waals surface area contributed by atoms with Crippen molar-refractivity contribution in [2.75, 3.05) is 26.3 Å². The summed E-state index contributed by atoms with van der Waals surface area (Å²) in [5.41, 5.74) is 19.1. The van der Waals surface area contributed by atoms with E-state index in [0.717, 1.165) is 24.2 Å². The lowest BCUT2D eigenvalue weighted by Gasteiger charge is -2.08. The van der Waals surface area contributed by atoms with Gasteiger partial charge in [0.15, 0.2) is 5.96 Å². The molecule has 0 aliphatic rings. The minimum atomic E-state index is 0.0378.